The molecule has 0 radical (unpaired) electrons. The molecule has 0 aliphatic heterocycles. The highest BCUT2D eigenvalue weighted by molar-refractivity contribution is 5.97. The molecule has 2 heterocycles. The fourth-order valence-corrected chi connectivity index (χ4v) is 3.77. The molecule has 0 fully saturated rings. The number of hydrogen-bond acceptors (Lipinski definition) is 3. The van der Waals surface area contributed by atoms with Crippen molar-refractivity contribution in [3.05, 3.63) is 127 Å². The standard InChI is InChI=1S/C27H20N2O/c1-2-12-23-20(8-1)9-5-14-24(23)25-13-3-4-15-26(25)30-27(21-10-6-16-28-18-21)22-11-7-17-29-19-22/h1-19,27H. The van der Waals surface area contributed by atoms with Gasteiger partial charge in [0.05, 0.1) is 0 Å². The first-order chi connectivity index (χ1) is 14.9. The first-order valence-corrected chi connectivity index (χ1v) is 9.94. The molecule has 0 spiro atoms. The maximum Gasteiger partial charge on any atom is 0.152 e. The van der Waals surface area contributed by atoms with Crippen LogP contribution in [0, 0.1) is 0 Å². The molecule has 0 bridgehead atoms. The zero-order valence-electron chi connectivity index (χ0n) is 16.3. The Kier molecular flexibility index (Phi) is 4.93. The third-order valence-corrected chi connectivity index (χ3v) is 5.19. The zero-order valence-corrected chi connectivity index (χ0v) is 16.3. The van der Waals surface area contributed by atoms with Gasteiger partial charge in [-0.3, -0.25) is 9.97 Å². The van der Waals surface area contributed by atoms with Crippen molar-refractivity contribution in [2.24, 2.45) is 0 Å². The lowest BCUT2D eigenvalue weighted by atomic mass is 9.97. The average Bonchev–Trinajstić information content (AvgIpc) is 2.83. The molecule has 0 N–H and O–H groups in total. The van der Waals surface area contributed by atoms with Crippen LogP contribution in [0.25, 0.3) is 21.9 Å². The maximum atomic E-state index is 6.64. The van der Waals surface area contributed by atoms with Crippen LogP contribution in [0.15, 0.2) is 116 Å². The van der Waals surface area contributed by atoms with Crippen LogP contribution in [0.4, 0.5) is 0 Å². The molecule has 0 aliphatic rings. The quantitative estimate of drug-likeness (QED) is 0.346. The van der Waals surface area contributed by atoms with Crippen molar-refractivity contribution in [1.82, 2.24) is 9.97 Å². The van der Waals surface area contributed by atoms with Crippen LogP contribution in [0.5, 0.6) is 5.75 Å². The van der Waals surface area contributed by atoms with Crippen LogP contribution >= 0.6 is 0 Å². The summed E-state index contributed by atoms with van der Waals surface area (Å²) in [6.45, 7) is 0. The molecule has 3 heteroatoms. The lowest BCUT2D eigenvalue weighted by Crippen LogP contribution is -2.10. The Bertz CT molecular complexity index is 1230. The molecule has 144 valence electrons. The summed E-state index contributed by atoms with van der Waals surface area (Å²) in [5, 5.41) is 2.41. The molecule has 5 rings (SSSR count). The number of rotatable bonds is 5. The predicted molar refractivity (Wildman–Crippen MR) is 120 cm³/mol. The van der Waals surface area contributed by atoms with Gasteiger partial charge in [0, 0.05) is 41.5 Å². The molecule has 0 unspecified atom stereocenters. The monoisotopic (exact) mass is 388 g/mol. The van der Waals surface area contributed by atoms with Gasteiger partial charge in [-0.2, -0.15) is 0 Å². The Morgan fingerprint density at radius 1 is 0.567 bits per heavy atom. The van der Waals surface area contributed by atoms with Gasteiger partial charge in [0.25, 0.3) is 0 Å². The van der Waals surface area contributed by atoms with Crippen LogP contribution in [0.1, 0.15) is 17.2 Å². The summed E-state index contributed by atoms with van der Waals surface area (Å²) < 4.78 is 6.64. The first-order valence-electron chi connectivity index (χ1n) is 9.94. The largest absolute Gasteiger partial charge is 0.480 e. The number of fused-ring (bicyclic) bond motifs is 1. The maximum absolute atomic E-state index is 6.64. The highest BCUT2D eigenvalue weighted by Gasteiger charge is 2.19. The third-order valence-electron chi connectivity index (χ3n) is 5.19. The highest BCUT2D eigenvalue weighted by Crippen LogP contribution is 2.38. The van der Waals surface area contributed by atoms with Crippen molar-refractivity contribution < 1.29 is 4.74 Å². The summed E-state index contributed by atoms with van der Waals surface area (Å²) in [5.41, 5.74) is 4.18. The van der Waals surface area contributed by atoms with Gasteiger partial charge in [-0.15, -0.1) is 0 Å². The molecule has 2 aromatic heterocycles. The van der Waals surface area contributed by atoms with Crippen molar-refractivity contribution in [1.29, 1.82) is 0 Å². The lowest BCUT2D eigenvalue weighted by molar-refractivity contribution is 0.247. The topological polar surface area (TPSA) is 35.0 Å². The fraction of sp³-hybridized carbons (Fsp3) is 0.0370. The second-order valence-corrected chi connectivity index (χ2v) is 7.09. The van der Waals surface area contributed by atoms with E-state index in [0.717, 1.165) is 28.0 Å². The second-order valence-electron chi connectivity index (χ2n) is 7.09. The summed E-state index contributed by atoms with van der Waals surface area (Å²) in [6.07, 6.45) is 6.93. The van der Waals surface area contributed by atoms with Crippen LogP contribution in [0.2, 0.25) is 0 Å². The molecule has 0 saturated carbocycles. The van der Waals surface area contributed by atoms with Gasteiger partial charge >= 0.3 is 0 Å². The number of ether oxygens (including phenoxy) is 1. The average molecular weight is 388 g/mol. The number of para-hydroxylation sites is 1. The van der Waals surface area contributed by atoms with E-state index in [0.29, 0.717) is 0 Å². The minimum Gasteiger partial charge on any atom is -0.480 e. The number of benzene rings is 3. The SMILES string of the molecule is c1cncc(C(Oc2ccccc2-c2cccc3ccccc23)c2cccnc2)c1. The van der Waals surface area contributed by atoms with Crippen molar-refractivity contribution in [2.45, 2.75) is 6.10 Å². The fourth-order valence-electron chi connectivity index (χ4n) is 3.77. The highest BCUT2D eigenvalue weighted by atomic mass is 16.5. The molecule has 3 aromatic carbocycles. The normalized spacial score (nSPS) is 11.0. The van der Waals surface area contributed by atoms with Gasteiger partial charge in [-0.1, -0.05) is 72.8 Å². The van der Waals surface area contributed by atoms with Gasteiger partial charge in [-0.05, 0) is 34.5 Å². The van der Waals surface area contributed by atoms with Gasteiger partial charge in [-0.25, -0.2) is 0 Å². The Balaban J connectivity index is 1.63. The van der Waals surface area contributed by atoms with Gasteiger partial charge in [0.15, 0.2) is 6.10 Å². The molecule has 0 aliphatic carbocycles. The van der Waals surface area contributed by atoms with Crippen LogP contribution in [-0.4, -0.2) is 9.97 Å². The smallest absolute Gasteiger partial charge is 0.152 e. The predicted octanol–water partition coefficient (Wildman–Crippen LogP) is 6.47. The lowest BCUT2D eigenvalue weighted by Gasteiger charge is -2.22. The van der Waals surface area contributed by atoms with E-state index >= 15 is 0 Å². The third kappa shape index (κ3) is 3.53. The molecular weight excluding hydrogens is 368 g/mol. The van der Waals surface area contributed by atoms with Crippen LogP contribution in [-0.2, 0) is 0 Å². The molecule has 3 nitrogen and oxygen atoms in total. The van der Waals surface area contributed by atoms with Crippen molar-refractivity contribution in [2.75, 3.05) is 0 Å². The number of aromatic nitrogens is 2. The van der Waals surface area contributed by atoms with Gasteiger partial charge < -0.3 is 4.74 Å². The van der Waals surface area contributed by atoms with Crippen molar-refractivity contribution in [3.63, 3.8) is 0 Å². The molecule has 5 aromatic rings. The molecule has 0 amide bonds. The van der Waals surface area contributed by atoms with E-state index in [9.17, 15) is 0 Å². The minimum atomic E-state index is -0.302. The van der Waals surface area contributed by atoms with E-state index < -0.39 is 0 Å². The second kappa shape index (κ2) is 8.18. The number of nitrogens with zero attached hydrogens (tertiary/aromatic N) is 2. The Hall–Kier alpha value is -3.98. The summed E-state index contributed by atoms with van der Waals surface area (Å²) in [6, 6.07) is 30.9. The van der Waals surface area contributed by atoms with Crippen LogP contribution in [0.3, 0.4) is 0 Å². The van der Waals surface area contributed by atoms with Crippen molar-refractivity contribution >= 4 is 10.8 Å². The summed E-state index contributed by atoms with van der Waals surface area (Å²) >= 11 is 0. The Labute approximate surface area is 175 Å². The van der Waals surface area contributed by atoms with E-state index in [1.54, 1.807) is 12.4 Å². The van der Waals surface area contributed by atoms with E-state index in [4.69, 9.17) is 4.74 Å². The van der Waals surface area contributed by atoms with E-state index in [-0.39, 0.29) is 6.10 Å². The van der Waals surface area contributed by atoms with E-state index in [1.165, 1.54) is 10.8 Å². The minimum absolute atomic E-state index is 0.302. The van der Waals surface area contributed by atoms with Crippen molar-refractivity contribution in [3.8, 4) is 16.9 Å². The number of hydrogen-bond donors (Lipinski definition) is 0. The summed E-state index contributed by atoms with van der Waals surface area (Å²) in [7, 11) is 0. The molecular formula is C27H20N2O. The number of pyridine rings is 2. The van der Waals surface area contributed by atoms with E-state index in [1.807, 2.05) is 54.9 Å². The van der Waals surface area contributed by atoms with E-state index in [2.05, 4.69) is 58.5 Å². The summed E-state index contributed by atoms with van der Waals surface area (Å²) in [5.74, 6) is 0.826. The molecule has 0 saturated heterocycles. The Morgan fingerprint density at radius 3 is 1.93 bits per heavy atom. The molecule has 30 heavy (non-hydrogen) atoms. The zero-order chi connectivity index (χ0) is 20.2. The van der Waals surface area contributed by atoms with Gasteiger partial charge in [0.1, 0.15) is 5.75 Å². The van der Waals surface area contributed by atoms with Gasteiger partial charge in [0.2, 0.25) is 0 Å². The molecule has 0 atom stereocenters. The summed E-state index contributed by atoms with van der Waals surface area (Å²) in [4.78, 5) is 8.59. The van der Waals surface area contributed by atoms with Crippen LogP contribution < -0.4 is 4.74 Å². The first kappa shape index (κ1) is 18.1. The Morgan fingerprint density at radius 2 is 1.20 bits per heavy atom.